The number of nitrogens with one attached hydrogen (secondary N) is 2. The fourth-order valence-corrected chi connectivity index (χ4v) is 4.17. The number of Topliss-reactive ketones (excluding diaryl/α,β-unsaturated/α-hetero) is 1. The van der Waals surface area contributed by atoms with Crippen molar-refractivity contribution in [1.82, 2.24) is 10.6 Å². The lowest BCUT2D eigenvalue weighted by Crippen LogP contribution is -2.36. The van der Waals surface area contributed by atoms with Crippen LogP contribution in [0, 0.1) is 0 Å². The summed E-state index contributed by atoms with van der Waals surface area (Å²) in [7, 11) is 0. The number of rotatable bonds is 7. The summed E-state index contributed by atoms with van der Waals surface area (Å²) in [5, 5.41) is 5.93. The maximum absolute atomic E-state index is 11.8. The molecule has 1 aliphatic rings. The molecule has 28 heavy (non-hydrogen) atoms. The minimum Gasteiger partial charge on any atom is -0.486 e. The Hall–Kier alpha value is -2.38. The predicted octanol–water partition coefficient (Wildman–Crippen LogP) is 3.22. The third-order valence-electron chi connectivity index (χ3n) is 4.34. The van der Waals surface area contributed by atoms with Crippen LogP contribution >= 0.6 is 22.9 Å². The van der Waals surface area contributed by atoms with Gasteiger partial charge in [-0.25, -0.2) is 0 Å². The molecule has 148 valence electrons. The molecule has 0 fully saturated rings. The summed E-state index contributed by atoms with van der Waals surface area (Å²) in [4.78, 5) is 35.9. The van der Waals surface area contributed by atoms with Gasteiger partial charge in [-0.05, 0) is 36.8 Å². The second-order valence-electron chi connectivity index (χ2n) is 6.65. The van der Waals surface area contributed by atoms with Crippen LogP contribution in [0.15, 0.2) is 24.3 Å². The maximum atomic E-state index is 11.8. The molecule has 2 amide bonds. The SMILES string of the molecule is CC(=O)NCCC(=O)NC[C@@H]1Cc2cc(-c3ccc(C(C)=O)s3)cc(Cl)c2O1. The number of halogens is 1. The van der Waals surface area contributed by atoms with Gasteiger partial charge in [0.25, 0.3) is 0 Å². The van der Waals surface area contributed by atoms with Crippen LogP contribution in [0.5, 0.6) is 5.75 Å². The second-order valence-corrected chi connectivity index (χ2v) is 8.14. The average Bonchev–Trinajstić information content (AvgIpc) is 3.27. The summed E-state index contributed by atoms with van der Waals surface area (Å²) in [5.41, 5.74) is 1.93. The molecule has 0 spiro atoms. The van der Waals surface area contributed by atoms with Crippen molar-refractivity contribution in [3.8, 4) is 16.2 Å². The quantitative estimate of drug-likeness (QED) is 0.673. The molecule has 0 saturated heterocycles. The zero-order valence-electron chi connectivity index (χ0n) is 15.6. The van der Waals surface area contributed by atoms with Crippen molar-refractivity contribution in [2.45, 2.75) is 32.8 Å². The first-order valence-corrected chi connectivity index (χ1v) is 10.1. The Kier molecular flexibility index (Phi) is 6.36. The average molecular weight is 421 g/mol. The number of thiophene rings is 1. The van der Waals surface area contributed by atoms with Crippen molar-refractivity contribution >= 4 is 40.5 Å². The molecule has 2 aromatic rings. The number of benzene rings is 1. The summed E-state index contributed by atoms with van der Waals surface area (Å²) in [6, 6.07) is 7.60. The highest BCUT2D eigenvalue weighted by molar-refractivity contribution is 7.17. The van der Waals surface area contributed by atoms with Crippen LogP contribution in [-0.2, 0) is 16.0 Å². The smallest absolute Gasteiger partial charge is 0.221 e. The van der Waals surface area contributed by atoms with Crippen molar-refractivity contribution in [2.75, 3.05) is 13.1 Å². The van der Waals surface area contributed by atoms with Crippen molar-refractivity contribution in [2.24, 2.45) is 0 Å². The van der Waals surface area contributed by atoms with Gasteiger partial charge in [-0.15, -0.1) is 11.3 Å². The van der Waals surface area contributed by atoms with Crippen LogP contribution in [0.3, 0.4) is 0 Å². The second kappa shape index (κ2) is 8.75. The fourth-order valence-electron chi connectivity index (χ4n) is 2.99. The Morgan fingerprint density at radius 3 is 2.68 bits per heavy atom. The van der Waals surface area contributed by atoms with E-state index in [-0.39, 0.29) is 30.1 Å². The monoisotopic (exact) mass is 420 g/mol. The van der Waals surface area contributed by atoms with Gasteiger partial charge in [-0.3, -0.25) is 14.4 Å². The number of amides is 2. The lowest BCUT2D eigenvalue weighted by atomic mass is 10.1. The maximum Gasteiger partial charge on any atom is 0.221 e. The highest BCUT2D eigenvalue weighted by Gasteiger charge is 2.26. The molecule has 1 aromatic carbocycles. The van der Waals surface area contributed by atoms with E-state index in [0.717, 1.165) is 16.0 Å². The van der Waals surface area contributed by atoms with Gasteiger partial charge in [0.2, 0.25) is 11.8 Å². The number of ketones is 1. The minimum absolute atomic E-state index is 0.0427. The molecule has 6 nitrogen and oxygen atoms in total. The first-order chi connectivity index (χ1) is 13.3. The van der Waals surface area contributed by atoms with Gasteiger partial charge in [0.15, 0.2) is 5.78 Å². The van der Waals surface area contributed by atoms with Crippen LogP contribution in [-0.4, -0.2) is 36.8 Å². The summed E-state index contributed by atoms with van der Waals surface area (Å²) < 4.78 is 5.90. The van der Waals surface area contributed by atoms with Gasteiger partial charge < -0.3 is 15.4 Å². The standard InChI is InChI=1S/C20H21ClN2O4S/c1-11(24)17-3-4-18(28-17)13-7-14-8-15(27-20(14)16(21)9-13)10-23-19(26)5-6-22-12(2)25/h3-4,7,9,15H,5-6,8,10H2,1-2H3,(H,22,25)(H,23,26)/t15-/m0/s1. The number of hydrogen-bond acceptors (Lipinski definition) is 5. The lowest BCUT2D eigenvalue weighted by molar-refractivity contribution is -0.121. The first kappa shape index (κ1) is 20.4. The van der Waals surface area contributed by atoms with Gasteiger partial charge in [0.05, 0.1) is 16.4 Å². The van der Waals surface area contributed by atoms with E-state index >= 15 is 0 Å². The highest BCUT2D eigenvalue weighted by Crippen LogP contribution is 2.41. The molecule has 0 saturated carbocycles. The van der Waals surface area contributed by atoms with E-state index in [4.69, 9.17) is 16.3 Å². The van der Waals surface area contributed by atoms with E-state index in [0.29, 0.717) is 35.2 Å². The molecule has 1 aliphatic heterocycles. The normalized spacial score (nSPS) is 14.9. The Balaban J connectivity index is 1.61. The molecule has 2 heterocycles. The topological polar surface area (TPSA) is 84.5 Å². The zero-order valence-corrected chi connectivity index (χ0v) is 17.2. The van der Waals surface area contributed by atoms with Crippen molar-refractivity contribution in [3.63, 3.8) is 0 Å². The van der Waals surface area contributed by atoms with Gasteiger partial charge >= 0.3 is 0 Å². The molecule has 0 aliphatic carbocycles. The summed E-state index contributed by atoms with van der Waals surface area (Å²) >= 11 is 7.84. The van der Waals surface area contributed by atoms with E-state index in [1.165, 1.54) is 18.3 Å². The number of carbonyl (C=O) groups is 3. The molecule has 1 aromatic heterocycles. The molecule has 3 rings (SSSR count). The third kappa shape index (κ3) is 4.91. The van der Waals surface area contributed by atoms with Crippen LogP contribution in [0.1, 0.15) is 35.5 Å². The van der Waals surface area contributed by atoms with E-state index in [2.05, 4.69) is 10.6 Å². The molecule has 1 atom stereocenters. The summed E-state index contributed by atoms with van der Waals surface area (Å²) in [6.45, 7) is 3.64. The van der Waals surface area contributed by atoms with Gasteiger partial charge in [-0.1, -0.05) is 11.6 Å². The zero-order chi connectivity index (χ0) is 20.3. The predicted molar refractivity (Wildman–Crippen MR) is 109 cm³/mol. The number of carbonyl (C=O) groups excluding carboxylic acids is 3. The van der Waals surface area contributed by atoms with Crippen molar-refractivity contribution in [3.05, 3.63) is 39.7 Å². The van der Waals surface area contributed by atoms with Crippen molar-refractivity contribution in [1.29, 1.82) is 0 Å². The summed E-state index contributed by atoms with van der Waals surface area (Å²) in [6.07, 6.45) is 0.671. The molecule has 0 radical (unpaired) electrons. The lowest BCUT2D eigenvalue weighted by Gasteiger charge is -2.12. The fraction of sp³-hybridized carbons (Fsp3) is 0.350. The third-order valence-corrected chi connectivity index (χ3v) is 5.86. The van der Waals surface area contributed by atoms with Crippen LogP contribution < -0.4 is 15.4 Å². The molecule has 8 heteroatoms. The van der Waals surface area contributed by atoms with Crippen molar-refractivity contribution < 1.29 is 19.1 Å². The van der Waals surface area contributed by atoms with E-state index < -0.39 is 0 Å². The molecule has 0 unspecified atom stereocenters. The van der Waals surface area contributed by atoms with Crippen LogP contribution in [0.2, 0.25) is 5.02 Å². The van der Waals surface area contributed by atoms with Gasteiger partial charge in [0.1, 0.15) is 11.9 Å². The van der Waals surface area contributed by atoms with Crippen LogP contribution in [0.4, 0.5) is 0 Å². The number of hydrogen-bond donors (Lipinski definition) is 2. The van der Waals surface area contributed by atoms with Gasteiger partial charge in [-0.2, -0.15) is 0 Å². The Morgan fingerprint density at radius 1 is 1.21 bits per heavy atom. The van der Waals surface area contributed by atoms with Gasteiger partial charge in [0, 0.05) is 36.8 Å². The van der Waals surface area contributed by atoms with E-state index in [1.54, 1.807) is 6.92 Å². The Labute approximate surface area is 172 Å². The van der Waals surface area contributed by atoms with E-state index in [1.807, 2.05) is 24.3 Å². The Bertz CT molecular complexity index is 925. The first-order valence-electron chi connectivity index (χ1n) is 8.95. The summed E-state index contributed by atoms with van der Waals surface area (Å²) in [5.74, 6) is 0.386. The van der Waals surface area contributed by atoms with Crippen LogP contribution in [0.25, 0.3) is 10.4 Å². The molecule has 0 bridgehead atoms. The van der Waals surface area contributed by atoms with E-state index in [9.17, 15) is 14.4 Å². The number of ether oxygens (including phenoxy) is 1. The molecular weight excluding hydrogens is 400 g/mol. The molecular formula is C20H21ClN2O4S. The minimum atomic E-state index is -0.191. The highest BCUT2D eigenvalue weighted by atomic mass is 35.5. The number of fused-ring (bicyclic) bond motifs is 1. The Morgan fingerprint density at radius 2 is 2.00 bits per heavy atom. The largest absolute Gasteiger partial charge is 0.486 e. The molecule has 2 N–H and O–H groups in total.